The Balaban J connectivity index is 2.36. The minimum Gasteiger partial charge on any atom is -0.493 e. The third-order valence-electron chi connectivity index (χ3n) is 6.42. The Kier molecular flexibility index (Phi) is 9.15. The van der Waals surface area contributed by atoms with E-state index in [4.69, 9.17) is 18.6 Å². The quantitative estimate of drug-likeness (QED) is 0.394. The van der Waals surface area contributed by atoms with E-state index in [1.807, 2.05) is 0 Å². The molecular formula is C24H38N2O7Si. The Bertz CT molecular complexity index is 898. The monoisotopic (exact) mass is 494 g/mol. The summed E-state index contributed by atoms with van der Waals surface area (Å²) in [7, 11) is 0.879. The summed E-state index contributed by atoms with van der Waals surface area (Å²) < 4.78 is 22.1. The van der Waals surface area contributed by atoms with E-state index < -0.39 is 20.5 Å². The van der Waals surface area contributed by atoms with Crippen LogP contribution in [0.2, 0.25) is 18.1 Å². The van der Waals surface area contributed by atoms with Gasteiger partial charge in [0.05, 0.1) is 44.2 Å². The molecular weight excluding hydrogens is 456 g/mol. The predicted octanol–water partition coefficient (Wildman–Crippen LogP) is 4.04. The summed E-state index contributed by atoms with van der Waals surface area (Å²) in [5.74, 6) is 0.322. The fraction of sp³-hybridized carbons (Fsp3) is 0.583. The molecule has 9 nitrogen and oxygen atoms in total. The molecule has 2 N–H and O–H groups in total. The van der Waals surface area contributed by atoms with Gasteiger partial charge in [0.25, 0.3) is 5.91 Å². The van der Waals surface area contributed by atoms with Gasteiger partial charge in [-0.2, -0.15) is 0 Å². The van der Waals surface area contributed by atoms with E-state index in [9.17, 15) is 14.7 Å². The second kappa shape index (κ2) is 11.2. The van der Waals surface area contributed by atoms with Crippen molar-refractivity contribution in [1.82, 2.24) is 4.90 Å². The van der Waals surface area contributed by atoms with Gasteiger partial charge in [-0.3, -0.25) is 10.1 Å². The van der Waals surface area contributed by atoms with Gasteiger partial charge < -0.3 is 28.6 Å². The van der Waals surface area contributed by atoms with E-state index >= 15 is 0 Å². The summed E-state index contributed by atoms with van der Waals surface area (Å²) in [5, 5.41) is 13.0. The van der Waals surface area contributed by atoms with Crippen LogP contribution in [-0.4, -0.2) is 76.4 Å². The number of methoxy groups -OCH3 is 2. The SMILES string of the molecule is C=CCOC(=O)Nc1cc(OC)c(OC)cc1C(=O)N1C[C@H](O)C[C@H]1CO[Si](C)(C)C(C)(C)C. The molecule has 0 radical (unpaired) electrons. The molecule has 0 unspecified atom stereocenters. The lowest BCUT2D eigenvalue weighted by atomic mass is 10.1. The van der Waals surface area contributed by atoms with Crippen molar-refractivity contribution < 1.29 is 33.3 Å². The van der Waals surface area contributed by atoms with Crippen LogP contribution in [0.4, 0.5) is 10.5 Å². The number of β-amino-alcohol motifs (C(OH)–C–C–N with tert-alkyl or cyclic N) is 1. The number of likely N-dealkylation sites (tertiary alicyclic amines) is 1. The molecule has 190 valence electrons. The molecule has 0 bridgehead atoms. The van der Waals surface area contributed by atoms with E-state index in [1.165, 1.54) is 32.4 Å². The lowest BCUT2D eigenvalue weighted by Crippen LogP contribution is -2.46. The fourth-order valence-corrected chi connectivity index (χ4v) is 4.46. The molecule has 0 spiro atoms. The maximum Gasteiger partial charge on any atom is 0.411 e. The number of carbonyl (C=O) groups is 2. The number of nitrogens with zero attached hydrogens (tertiary/aromatic N) is 1. The molecule has 1 aliphatic heterocycles. The number of carbonyl (C=O) groups excluding carboxylic acids is 2. The average molecular weight is 495 g/mol. The molecule has 1 saturated heterocycles. The van der Waals surface area contributed by atoms with Gasteiger partial charge in [-0.1, -0.05) is 33.4 Å². The topological polar surface area (TPSA) is 107 Å². The Morgan fingerprint density at radius 1 is 1.24 bits per heavy atom. The summed E-state index contributed by atoms with van der Waals surface area (Å²) in [6.45, 7) is 14.8. The van der Waals surface area contributed by atoms with Crippen LogP contribution in [0.5, 0.6) is 11.5 Å². The molecule has 0 aliphatic carbocycles. The molecule has 1 aromatic carbocycles. The third kappa shape index (κ3) is 6.52. The third-order valence-corrected chi connectivity index (χ3v) is 10.9. The van der Waals surface area contributed by atoms with Crippen molar-refractivity contribution in [2.45, 2.75) is 57.5 Å². The van der Waals surface area contributed by atoms with Crippen molar-refractivity contribution in [3.8, 4) is 11.5 Å². The van der Waals surface area contributed by atoms with Crippen LogP contribution in [0.25, 0.3) is 0 Å². The second-order valence-corrected chi connectivity index (χ2v) is 14.6. The molecule has 2 atom stereocenters. The van der Waals surface area contributed by atoms with Crippen LogP contribution in [0, 0.1) is 0 Å². The molecule has 1 fully saturated rings. The zero-order chi connectivity index (χ0) is 25.7. The van der Waals surface area contributed by atoms with Crippen molar-refractivity contribution in [3.63, 3.8) is 0 Å². The first-order valence-corrected chi connectivity index (χ1v) is 14.2. The molecule has 34 heavy (non-hydrogen) atoms. The standard InChI is InChI=1S/C24H38N2O7Si/c1-9-10-32-23(29)25-19-13-21(31-6)20(30-5)12-18(19)22(28)26-14-17(27)11-16(26)15-33-34(7,8)24(2,3)4/h9,12-13,16-17,27H,1,10-11,14-15H2,2-8H3,(H,25,29)/t16-,17+/m0/s1. The van der Waals surface area contributed by atoms with Crippen molar-refractivity contribution >= 4 is 26.0 Å². The minimum atomic E-state index is -2.05. The van der Waals surface area contributed by atoms with E-state index in [1.54, 1.807) is 4.90 Å². The van der Waals surface area contributed by atoms with Gasteiger partial charge in [0, 0.05) is 12.6 Å². The highest BCUT2D eigenvalue weighted by Gasteiger charge is 2.41. The molecule has 2 rings (SSSR count). The number of aliphatic hydroxyl groups is 1. The summed E-state index contributed by atoms with van der Waals surface area (Å²) in [5.41, 5.74) is 0.404. The molecule has 1 heterocycles. The second-order valence-electron chi connectivity index (χ2n) is 9.84. The zero-order valence-corrected chi connectivity index (χ0v) is 22.3. The van der Waals surface area contributed by atoms with E-state index in [0.717, 1.165) is 0 Å². The van der Waals surface area contributed by atoms with E-state index in [0.29, 0.717) is 24.5 Å². The number of amides is 2. The Morgan fingerprint density at radius 2 is 1.85 bits per heavy atom. The van der Waals surface area contributed by atoms with E-state index in [-0.39, 0.29) is 41.4 Å². The van der Waals surface area contributed by atoms with Gasteiger partial charge in [-0.25, -0.2) is 4.79 Å². The van der Waals surface area contributed by atoms with E-state index in [2.05, 4.69) is 45.8 Å². The maximum atomic E-state index is 13.7. The largest absolute Gasteiger partial charge is 0.493 e. The molecule has 1 aliphatic rings. The van der Waals surface area contributed by atoms with Gasteiger partial charge >= 0.3 is 6.09 Å². The lowest BCUT2D eigenvalue weighted by molar-refractivity contribution is 0.0671. The smallest absolute Gasteiger partial charge is 0.411 e. The number of hydrogen-bond acceptors (Lipinski definition) is 7. The first kappa shape index (κ1) is 27.7. The number of ether oxygens (including phenoxy) is 3. The molecule has 10 heteroatoms. The van der Waals surface area contributed by atoms with Crippen molar-refractivity contribution in [1.29, 1.82) is 0 Å². The van der Waals surface area contributed by atoms with Crippen molar-refractivity contribution in [2.75, 3.05) is 39.3 Å². The first-order chi connectivity index (χ1) is 15.8. The van der Waals surface area contributed by atoms with Crippen LogP contribution in [0.15, 0.2) is 24.8 Å². The van der Waals surface area contributed by atoms with Crippen LogP contribution in [0.1, 0.15) is 37.6 Å². The molecule has 1 aromatic rings. The predicted molar refractivity (Wildman–Crippen MR) is 133 cm³/mol. The summed E-state index contributed by atoms with van der Waals surface area (Å²) in [6, 6.07) is 2.72. The van der Waals surface area contributed by atoms with Crippen molar-refractivity contribution in [3.05, 3.63) is 30.4 Å². The lowest BCUT2D eigenvalue weighted by Gasteiger charge is -2.38. The maximum absolute atomic E-state index is 13.7. The van der Waals surface area contributed by atoms with Gasteiger partial charge in [0.1, 0.15) is 6.61 Å². The number of hydrogen-bond donors (Lipinski definition) is 2. The first-order valence-electron chi connectivity index (χ1n) is 11.3. The highest BCUT2D eigenvalue weighted by atomic mass is 28.4. The summed E-state index contributed by atoms with van der Waals surface area (Å²) in [4.78, 5) is 27.5. The normalized spacial score (nSPS) is 18.4. The number of nitrogens with one attached hydrogen (secondary N) is 1. The molecule has 0 saturated carbocycles. The summed E-state index contributed by atoms with van der Waals surface area (Å²) in [6.07, 6.45) is 0.461. The van der Waals surface area contributed by atoms with Gasteiger partial charge in [-0.05, 0) is 30.6 Å². The summed E-state index contributed by atoms with van der Waals surface area (Å²) >= 11 is 0. The number of aliphatic hydroxyl groups excluding tert-OH is 1. The Hall–Kier alpha value is -2.56. The molecule has 0 aromatic heterocycles. The van der Waals surface area contributed by atoms with Crippen LogP contribution < -0.4 is 14.8 Å². The minimum absolute atomic E-state index is 0.0191. The van der Waals surface area contributed by atoms with Crippen LogP contribution >= 0.6 is 0 Å². The Labute approximate surface area is 203 Å². The van der Waals surface area contributed by atoms with Gasteiger partial charge in [-0.15, -0.1) is 0 Å². The van der Waals surface area contributed by atoms with Crippen LogP contribution in [-0.2, 0) is 9.16 Å². The van der Waals surface area contributed by atoms with Crippen LogP contribution in [0.3, 0.4) is 0 Å². The average Bonchev–Trinajstić information content (AvgIpc) is 3.15. The number of anilines is 1. The van der Waals surface area contributed by atoms with Crippen molar-refractivity contribution in [2.24, 2.45) is 0 Å². The number of benzene rings is 1. The highest BCUT2D eigenvalue weighted by Crippen LogP contribution is 2.38. The fourth-order valence-electron chi connectivity index (χ4n) is 3.41. The van der Waals surface area contributed by atoms with Gasteiger partial charge in [0.15, 0.2) is 19.8 Å². The Morgan fingerprint density at radius 3 is 2.41 bits per heavy atom. The number of rotatable bonds is 9. The highest BCUT2D eigenvalue weighted by molar-refractivity contribution is 6.74. The molecule has 2 amide bonds. The zero-order valence-electron chi connectivity index (χ0n) is 21.3. The van der Waals surface area contributed by atoms with Gasteiger partial charge in [0.2, 0.25) is 0 Å².